The third-order valence-corrected chi connectivity index (χ3v) is 4.88. The zero-order valence-corrected chi connectivity index (χ0v) is 15.6. The number of fused-ring (bicyclic) bond motifs is 1. The molecule has 0 atom stereocenters. The van der Waals surface area contributed by atoms with Crippen LogP contribution in [0.25, 0.3) is 10.9 Å². The first-order chi connectivity index (χ1) is 12.1. The summed E-state index contributed by atoms with van der Waals surface area (Å²) >= 11 is 12.1. The van der Waals surface area contributed by atoms with Crippen molar-refractivity contribution in [2.75, 3.05) is 7.05 Å². The first-order valence-electron chi connectivity index (χ1n) is 7.87. The van der Waals surface area contributed by atoms with Crippen molar-refractivity contribution in [2.45, 2.75) is 13.1 Å². The molecule has 5 nitrogen and oxygen atoms in total. The van der Waals surface area contributed by atoms with E-state index in [9.17, 15) is 0 Å². The Morgan fingerprint density at radius 2 is 1.92 bits per heavy atom. The zero-order chi connectivity index (χ0) is 17.8. The Labute approximate surface area is 156 Å². The minimum Gasteiger partial charge on any atom is -0.352 e. The maximum absolute atomic E-state index is 6.09. The Bertz CT molecular complexity index is 912. The lowest BCUT2D eigenvalue weighted by atomic mass is 10.1. The molecule has 0 fully saturated rings. The van der Waals surface area contributed by atoms with Crippen LogP contribution in [0, 0.1) is 0 Å². The molecule has 130 valence electrons. The van der Waals surface area contributed by atoms with Gasteiger partial charge in [-0.3, -0.25) is 9.98 Å². The number of hydrogen-bond donors (Lipinski definition) is 2. The SMILES string of the molecule is CN=C(NCc1cccc2cccnc12)NCc1cc(Cl)c(Cl)n1C. The van der Waals surface area contributed by atoms with E-state index in [1.807, 2.05) is 36.0 Å². The number of pyridine rings is 1. The van der Waals surface area contributed by atoms with Crippen LogP contribution in [0.1, 0.15) is 11.3 Å². The second kappa shape index (κ2) is 7.76. The number of nitrogens with one attached hydrogen (secondary N) is 2. The maximum Gasteiger partial charge on any atom is 0.191 e. The van der Waals surface area contributed by atoms with Crippen LogP contribution in [0.4, 0.5) is 0 Å². The van der Waals surface area contributed by atoms with Crippen molar-refractivity contribution in [1.82, 2.24) is 20.2 Å². The highest BCUT2D eigenvalue weighted by molar-refractivity contribution is 6.41. The topological polar surface area (TPSA) is 54.2 Å². The fourth-order valence-corrected chi connectivity index (χ4v) is 3.06. The van der Waals surface area contributed by atoms with Gasteiger partial charge in [0.2, 0.25) is 0 Å². The van der Waals surface area contributed by atoms with E-state index in [1.165, 1.54) is 0 Å². The van der Waals surface area contributed by atoms with Crippen LogP contribution in [0.5, 0.6) is 0 Å². The lowest BCUT2D eigenvalue weighted by Gasteiger charge is -2.13. The van der Waals surface area contributed by atoms with E-state index in [4.69, 9.17) is 23.2 Å². The molecule has 7 heteroatoms. The van der Waals surface area contributed by atoms with E-state index in [0.717, 1.165) is 22.2 Å². The fraction of sp³-hybridized carbons (Fsp3) is 0.222. The highest BCUT2D eigenvalue weighted by Gasteiger charge is 2.09. The van der Waals surface area contributed by atoms with Crippen molar-refractivity contribution in [3.05, 3.63) is 64.0 Å². The molecule has 0 aliphatic rings. The molecule has 0 bridgehead atoms. The smallest absolute Gasteiger partial charge is 0.191 e. The molecule has 2 heterocycles. The van der Waals surface area contributed by atoms with E-state index >= 15 is 0 Å². The fourth-order valence-electron chi connectivity index (χ4n) is 2.64. The summed E-state index contributed by atoms with van der Waals surface area (Å²) < 4.78 is 1.85. The molecule has 0 spiro atoms. The van der Waals surface area contributed by atoms with Crippen LogP contribution in [0.2, 0.25) is 10.2 Å². The molecular formula is C18H19Cl2N5. The molecule has 3 rings (SSSR count). The van der Waals surface area contributed by atoms with E-state index in [2.05, 4.69) is 38.8 Å². The lowest BCUT2D eigenvalue weighted by molar-refractivity contribution is 0.751. The van der Waals surface area contributed by atoms with Crippen molar-refractivity contribution < 1.29 is 0 Å². The van der Waals surface area contributed by atoms with Gasteiger partial charge in [-0.1, -0.05) is 47.5 Å². The van der Waals surface area contributed by atoms with Gasteiger partial charge in [-0.15, -0.1) is 0 Å². The van der Waals surface area contributed by atoms with Gasteiger partial charge in [0.15, 0.2) is 5.96 Å². The quantitative estimate of drug-likeness (QED) is 0.539. The van der Waals surface area contributed by atoms with Crippen LogP contribution in [0.15, 0.2) is 47.6 Å². The van der Waals surface area contributed by atoms with Gasteiger partial charge in [-0.2, -0.15) is 0 Å². The largest absolute Gasteiger partial charge is 0.352 e. The van der Waals surface area contributed by atoms with Gasteiger partial charge in [-0.25, -0.2) is 0 Å². The first kappa shape index (κ1) is 17.6. The molecule has 0 saturated carbocycles. The third-order valence-electron chi connectivity index (χ3n) is 4.04. The number of para-hydroxylation sites is 1. The number of halogens is 2. The minimum absolute atomic E-state index is 0.531. The lowest BCUT2D eigenvalue weighted by Crippen LogP contribution is -2.36. The van der Waals surface area contributed by atoms with E-state index in [-0.39, 0.29) is 0 Å². The predicted octanol–water partition coefficient (Wildman–Crippen LogP) is 3.75. The van der Waals surface area contributed by atoms with Crippen LogP contribution in [-0.4, -0.2) is 22.6 Å². The molecule has 0 saturated heterocycles. The van der Waals surface area contributed by atoms with Crippen LogP contribution in [-0.2, 0) is 20.1 Å². The molecule has 25 heavy (non-hydrogen) atoms. The van der Waals surface area contributed by atoms with Gasteiger partial charge >= 0.3 is 0 Å². The molecule has 0 amide bonds. The van der Waals surface area contributed by atoms with Crippen molar-refractivity contribution in [2.24, 2.45) is 12.0 Å². The zero-order valence-electron chi connectivity index (χ0n) is 14.1. The summed E-state index contributed by atoms with van der Waals surface area (Å²) in [6.45, 7) is 1.19. The highest BCUT2D eigenvalue weighted by Crippen LogP contribution is 2.24. The molecule has 0 aliphatic carbocycles. The highest BCUT2D eigenvalue weighted by atomic mass is 35.5. The summed E-state index contributed by atoms with van der Waals surface area (Å²) in [6, 6.07) is 12.0. The summed E-state index contributed by atoms with van der Waals surface area (Å²) in [6.07, 6.45) is 1.81. The van der Waals surface area contributed by atoms with Crippen molar-refractivity contribution in [3.63, 3.8) is 0 Å². The molecule has 0 unspecified atom stereocenters. The van der Waals surface area contributed by atoms with Gasteiger partial charge in [0.05, 0.1) is 17.1 Å². The second-order valence-electron chi connectivity index (χ2n) is 5.61. The summed E-state index contributed by atoms with van der Waals surface area (Å²) in [5.74, 6) is 0.696. The Balaban J connectivity index is 1.65. The number of benzene rings is 1. The summed E-state index contributed by atoms with van der Waals surface area (Å²) in [5.41, 5.74) is 3.09. The minimum atomic E-state index is 0.531. The summed E-state index contributed by atoms with van der Waals surface area (Å²) in [7, 11) is 3.62. The Hall–Kier alpha value is -2.24. The average molecular weight is 376 g/mol. The van der Waals surface area contributed by atoms with E-state index in [0.29, 0.717) is 29.2 Å². The second-order valence-corrected chi connectivity index (χ2v) is 6.37. The molecule has 2 aromatic heterocycles. The van der Waals surface area contributed by atoms with Crippen LogP contribution in [0.3, 0.4) is 0 Å². The van der Waals surface area contributed by atoms with Crippen LogP contribution < -0.4 is 10.6 Å². The van der Waals surface area contributed by atoms with Gasteiger partial charge in [-0.05, 0) is 17.7 Å². The molecule has 2 N–H and O–H groups in total. The third kappa shape index (κ3) is 3.89. The predicted molar refractivity (Wildman–Crippen MR) is 104 cm³/mol. The number of aliphatic imine (C=N–C) groups is 1. The Morgan fingerprint density at radius 1 is 1.16 bits per heavy atom. The average Bonchev–Trinajstić information content (AvgIpc) is 2.89. The van der Waals surface area contributed by atoms with E-state index < -0.39 is 0 Å². The number of guanidine groups is 1. The van der Waals surface area contributed by atoms with E-state index in [1.54, 1.807) is 7.05 Å². The molecule has 0 radical (unpaired) electrons. The van der Waals surface area contributed by atoms with Gasteiger partial charge < -0.3 is 15.2 Å². The van der Waals surface area contributed by atoms with Crippen molar-refractivity contribution >= 4 is 40.1 Å². The normalized spacial score (nSPS) is 11.8. The summed E-state index contributed by atoms with van der Waals surface area (Å²) in [5, 5.41) is 8.78. The Kier molecular flexibility index (Phi) is 5.46. The van der Waals surface area contributed by atoms with Crippen molar-refractivity contribution in [1.29, 1.82) is 0 Å². The molecule has 3 aromatic rings. The van der Waals surface area contributed by atoms with Gasteiger partial charge in [0.1, 0.15) is 5.15 Å². The summed E-state index contributed by atoms with van der Waals surface area (Å²) in [4.78, 5) is 8.73. The maximum atomic E-state index is 6.09. The van der Waals surface area contributed by atoms with Gasteiger partial charge in [0.25, 0.3) is 0 Å². The molecule has 0 aliphatic heterocycles. The monoisotopic (exact) mass is 375 g/mol. The molecule has 1 aromatic carbocycles. The molecular weight excluding hydrogens is 357 g/mol. The number of nitrogens with zero attached hydrogens (tertiary/aromatic N) is 3. The van der Waals surface area contributed by atoms with Crippen LogP contribution >= 0.6 is 23.2 Å². The van der Waals surface area contributed by atoms with Gasteiger partial charge in [0, 0.05) is 37.9 Å². The number of hydrogen-bond acceptors (Lipinski definition) is 2. The Morgan fingerprint density at radius 3 is 2.64 bits per heavy atom. The van der Waals surface area contributed by atoms with Crippen molar-refractivity contribution in [3.8, 4) is 0 Å². The standard InChI is InChI=1S/C18H19Cl2N5/c1-21-18(24-11-14-9-15(19)17(20)25(14)2)23-10-13-6-3-5-12-7-4-8-22-16(12)13/h3-9H,10-11H2,1-2H3,(H2,21,23,24). The number of aromatic nitrogens is 2. The first-order valence-corrected chi connectivity index (χ1v) is 8.62. The number of rotatable bonds is 4.